The molecule has 4 aromatic rings. The lowest BCUT2D eigenvalue weighted by Crippen LogP contribution is -2.41. The number of aromatic amines is 1. The van der Waals surface area contributed by atoms with E-state index >= 15 is 0 Å². The summed E-state index contributed by atoms with van der Waals surface area (Å²) in [6.45, 7) is 14.7. The zero-order valence-corrected chi connectivity index (χ0v) is 20.4. The molecule has 1 N–H and O–H groups in total. The summed E-state index contributed by atoms with van der Waals surface area (Å²) in [7, 11) is -0.403. The largest absolute Gasteiger partial charge is 0.494 e. The number of benzene rings is 2. The van der Waals surface area contributed by atoms with Crippen LogP contribution in [-0.2, 0) is 14.7 Å². The van der Waals surface area contributed by atoms with E-state index in [1.54, 1.807) is 0 Å². The number of H-pyrrole nitrogens is 1. The highest BCUT2D eigenvalue weighted by atomic mass is 16.7. The third-order valence-corrected chi connectivity index (χ3v) is 6.84. The first-order chi connectivity index (χ1) is 15.4. The zero-order valence-electron chi connectivity index (χ0n) is 20.4. The summed E-state index contributed by atoms with van der Waals surface area (Å²) < 4.78 is 18.6. The standard InChI is InChI=1S/C27H31BN2O3/c1-25(2,3)24-29-16-21(30-24)17-8-10-18(11-9-17)22-14-19-12-13-20(15-23(19)31-22)28-32-26(4,5)27(6,7)33-28/h8-16H,1-7H3,(H,29,30). The van der Waals surface area contributed by atoms with Gasteiger partial charge in [-0.25, -0.2) is 4.98 Å². The maximum absolute atomic E-state index is 6.22. The maximum Gasteiger partial charge on any atom is 0.494 e. The van der Waals surface area contributed by atoms with Crippen LogP contribution in [0, 0.1) is 0 Å². The van der Waals surface area contributed by atoms with Crippen LogP contribution in [0.1, 0.15) is 54.3 Å². The number of imidazole rings is 1. The van der Waals surface area contributed by atoms with E-state index in [1.165, 1.54) is 0 Å². The number of hydrogen-bond donors (Lipinski definition) is 1. The third kappa shape index (κ3) is 3.92. The monoisotopic (exact) mass is 442 g/mol. The number of nitrogens with one attached hydrogen (secondary N) is 1. The molecule has 1 aliphatic heterocycles. The molecule has 170 valence electrons. The average Bonchev–Trinajstić information content (AvgIpc) is 3.43. The van der Waals surface area contributed by atoms with E-state index in [0.717, 1.165) is 44.8 Å². The van der Waals surface area contributed by atoms with Crippen molar-refractivity contribution in [2.75, 3.05) is 0 Å². The van der Waals surface area contributed by atoms with E-state index in [2.05, 4.69) is 101 Å². The Morgan fingerprint density at radius 3 is 2.09 bits per heavy atom. The summed E-state index contributed by atoms with van der Waals surface area (Å²) in [4.78, 5) is 7.97. The minimum Gasteiger partial charge on any atom is -0.456 e. The third-order valence-electron chi connectivity index (χ3n) is 6.84. The molecular weight excluding hydrogens is 411 g/mol. The number of aromatic nitrogens is 2. The molecule has 1 fully saturated rings. The van der Waals surface area contributed by atoms with Crippen molar-refractivity contribution >= 4 is 23.6 Å². The van der Waals surface area contributed by atoms with Gasteiger partial charge in [-0.15, -0.1) is 0 Å². The van der Waals surface area contributed by atoms with Crippen LogP contribution in [0.3, 0.4) is 0 Å². The van der Waals surface area contributed by atoms with E-state index in [0.29, 0.717) is 0 Å². The summed E-state index contributed by atoms with van der Waals surface area (Å²) in [5, 5.41) is 1.05. The molecule has 0 amide bonds. The van der Waals surface area contributed by atoms with Crippen molar-refractivity contribution in [2.24, 2.45) is 0 Å². The molecule has 2 aromatic heterocycles. The SMILES string of the molecule is CC(C)(C)c1ncc(-c2ccc(-c3cc4ccc(B5OC(C)(C)C(C)(C)O5)cc4o3)cc2)[nH]1. The Bertz CT molecular complexity index is 1290. The topological polar surface area (TPSA) is 60.3 Å². The molecule has 0 spiro atoms. The molecule has 6 heteroatoms. The number of nitrogens with zero attached hydrogens (tertiary/aromatic N) is 1. The van der Waals surface area contributed by atoms with Crippen molar-refractivity contribution in [1.29, 1.82) is 0 Å². The van der Waals surface area contributed by atoms with Crippen LogP contribution in [0.25, 0.3) is 33.6 Å². The number of rotatable bonds is 3. The highest BCUT2D eigenvalue weighted by molar-refractivity contribution is 6.62. The molecule has 1 saturated heterocycles. The molecule has 0 saturated carbocycles. The van der Waals surface area contributed by atoms with Gasteiger partial charge in [0.05, 0.1) is 23.1 Å². The van der Waals surface area contributed by atoms with Gasteiger partial charge in [-0.1, -0.05) is 57.2 Å². The summed E-state index contributed by atoms with van der Waals surface area (Å²) in [5.74, 6) is 1.82. The second-order valence-electron chi connectivity index (χ2n) is 11.0. The summed E-state index contributed by atoms with van der Waals surface area (Å²) in [6.07, 6.45) is 1.90. The van der Waals surface area contributed by atoms with Gasteiger partial charge in [0.15, 0.2) is 0 Å². The Kier molecular flexibility index (Phi) is 4.89. The number of fused-ring (bicyclic) bond motifs is 1. The Morgan fingerprint density at radius 1 is 0.848 bits per heavy atom. The van der Waals surface area contributed by atoms with E-state index in [9.17, 15) is 0 Å². The van der Waals surface area contributed by atoms with Crippen molar-refractivity contribution in [3.8, 4) is 22.6 Å². The smallest absolute Gasteiger partial charge is 0.456 e. The minimum absolute atomic E-state index is 0.00853. The fourth-order valence-electron chi connectivity index (χ4n) is 3.98. The van der Waals surface area contributed by atoms with Crippen LogP contribution >= 0.6 is 0 Å². The predicted molar refractivity (Wildman–Crippen MR) is 134 cm³/mol. The Balaban J connectivity index is 1.40. The van der Waals surface area contributed by atoms with Gasteiger partial charge in [0, 0.05) is 16.4 Å². The van der Waals surface area contributed by atoms with Crippen LogP contribution < -0.4 is 5.46 Å². The fraction of sp³-hybridized carbons (Fsp3) is 0.370. The Hall–Kier alpha value is -2.83. The number of furan rings is 1. The molecule has 0 aliphatic carbocycles. The van der Waals surface area contributed by atoms with E-state index in [1.807, 2.05) is 12.3 Å². The molecule has 5 rings (SSSR count). The maximum atomic E-state index is 6.22. The first-order valence-electron chi connectivity index (χ1n) is 11.5. The molecule has 33 heavy (non-hydrogen) atoms. The van der Waals surface area contributed by atoms with Crippen LogP contribution in [0.5, 0.6) is 0 Å². The van der Waals surface area contributed by atoms with Crippen molar-refractivity contribution < 1.29 is 13.7 Å². The second-order valence-corrected chi connectivity index (χ2v) is 11.0. The predicted octanol–water partition coefficient (Wildman–Crippen LogP) is 6.09. The highest BCUT2D eigenvalue weighted by Crippen LogP contribution is 2.37. The first kappa shape index (κ1) is 22.0. The molecular formula is C27H31BN2O3. The van der Waals surface area contributed by atoms with Crippen molar-refractivity contribution in [3.63, 3.8) is 0 Å². The second kappa shape index (κ2) is 7.34. The molecule has 0 unspecified atom stereocenters. The quantitative estimate of drug-likeness (QED) is 0.390. The van der Waals surface area contributed by atoms with Gasteiger partial charge in [-0.3, -0.25) is 0 Å². The van der Waals surface area contributed by atoms with Gasteiger partial charge >= 0.3 is 7.12 Å². The van der Waals surface area contributed by atoms with Crippen LogP contribution in [0.4, 0.5) is 0 Å². The van der Waals surface area contributed by atoms with Crippen LogP contribution in [0.15, 0.2) is 59.1 Å². The lowest BCUT2D eigenvalue weighted by atomic mass is 9.79. The lowest BCUT2D eigenvalue weighted by molar-refractivity contribution is 0.00578. The van der Waals surface area contributed by atoms with Gasteiger partial charge in [0.2, 0.25) is 0 Å². The minimum atomic E-state index is -0.403. The van der Waals surface area contributed by atoms with Crippen molar-refractivity contribution in [3.05, 3.63) is 60.6 Å². The molecule has 0 radical (unpaired) electrons. The molecule has 0 bridgehead atoms. The van der Waals surface area contributed by atoms with E-state index in [-0.39, 0.29) is 16.6 Å². The van der Waals surface area contributed by atoms with E-state index in [4.69, 9.17) is 13.7 Å². The zero-order chi connectivity index (χ0) is 23.6. The summed E-state index contributed by atoms with van der Waals surface area (Å²) >= 11 is 0. The van der Waals surface area contributed by atoms with Gasteiger partial charge in [0.1, 0.15) is 17.2 Å². The van der Waals surface area contributed by atoms with Gasteiger partial charge in [0.25, 0.3) is 0 Å². The van der Waals surface area contributed by atoms with Gasteiger partial charge < -0.3 is 18.7 Å². The Labute approximate surface area is 195 Å². The van der Waals surface area contributed by atoms with Gasteiger partial charge in [-0.2, -0.15) is 0 Å². The first-order valence-corrected chi connectivity index (χ1v) is 11.5. The molecule has 2 aromatic carbocycles. The van der Waals surface area contributed by atoms with Crippen molar-refractivity contribution in [2.45, 2.75) is 65.1 Å². The fourth-order valence-corrected chi connectivity index (χ4v) is 3.98. The molecule has 5 nitrogen and oxygen atoms in total. The average molecular weight is 442 g/mol. The number of hydrogen-bond acceptors (Lipinski definition) is 4. The molecule has 3 heterocycles. The molecule has 0 atom stereocenters. The van der Waals surface area contributed by atoms with Crippen LogP contribution in [0.2, 0.25) is 0 Å². The molecule has 1 aliphatic rings. The Morgan fingerprint density at radius 2 is 1.48 bits per heavy atom. The van der Waals surface area contributed by atoms with E-state index < -0.39 is 7.12 Å². The summed E-state index contributed by atoms with van der Waals surface area (Å²) in [6, 6.07) is 16.6. The van der Waals surface area contributed by atoms with Crippen molar-refractivity contribution in [1.82, 2.24) is 9.97 Å². The van der Waals surface area contributed by atoms with Gasteiger partial charge in [-0.05, 0) is 50.9 Å². The normalized spacial score (nSPS) is 17.7. The highest BCUT2D eigenvalue weighted by Gasteiger charge is 2.51. The lowest BCUT2D eigenvalue weighted by Gasteiger charge is -2.32. The summed E-state index contributed by atoms with van der Waals surface area (Å²) in [5.41, 5.74) is 4.18. The van der Waals surface area contributed by atoms with Crippen LogP contribution in [-0.4, -0.2) is 28.3 Å².